The third-order valence-electron chi connectivity index (χ3n) is 5.15. The maximum atomic E-state index is 12.5. The third-order valence-corrected chi connectivity index (χ3v) is 5.15. The molecule has 2 N–H and O–H groups in total. The number of carbonyl (C=O) groups excluding carboxylic acids is 2. The van der Waals surface area contributed by atoms with Gasteiger partial charge in [0.25, 0.3) is 0 Å². The lowest BCUT2D eigenvalue weighted by atomic mass is 9.94. The fraction of sp³-hybridized carbons (Fsp3) is 0.318. The smallest absolute Gasteiger partial charge is 0.241 e. The molecule has 0 aromatic heterocycles. The molecular weight excluding hydrogens is 352 g/mol. The molecule has 144 valence electrons. The predicted octanol–water partition coefficient (Wildman–Crippen LogP) is 3.24. The number of hydrogen-bond acceptors (Lipinski definition) is 4. The summed E-state index contributed by atoms with van der Waals surface area (Å²) in [4.78, 5) is 27.1. The molecule has 2 amide bonds. The number of benzene rings is 2. The van der Waals surface area contributed by atoms with Crippen LogP contribution in [0.2, 0.25) is 0 Å². The first-order valence-electron chi connectivity index (χ1n) is 9.48. The number of rotatable bonds is 5. The minimum absolute atomic E-state index is 0.0368. The first-order valence-corrected chi connectivity index (χ1v) is 9.48. The van der Waals surface area contributed by atoms with E-state index in [2.05, 4.69) is 21.6 Å². The molecule has 1 aliphatic heterocycles. The number of nitrogens with one attached hydrogen (secondary N) is 2. The van der Waals surface area contributed by atoms with Crippen LogP contribution in [0, 0.1) is 17.2 Å². The van der Waals surface area contributed by atoms with Gasteiger partial charge in [-0.2, -0.15) is 5.26 Å². The molecule has 0 radical (unpaired) electrons. The van der Waals surface area contributed by atoms with Gasteiger partial charge in [0.2, 0.25) is 11.8 Å². The molecule has 0 spiro atoms. The third kappa shape index (κ3) is 4.96. The Kier molecular flexibility index (Phi) is 6.41. The van der Waals surface area contributed by atoms with Crippen LogP contribution in [0.1, 0.15) is 25.3 Å². The summed E-state index contributed by atoms with van der Waals surface area (Å²) >= 11 is 0. The zero-order valence-corrected chi connectivity index (χ0v) is 15.9. The fourth-order valence-corrected chi connectivity index (χ4v) is 3.36. The molecule has 2 aromatic rings. The second-order valence-corrected chi connectivity index (χ2v) is 7.02. The van der Waals surface area contributed by atoms with Crippen molar-refractivity contribution in [3.63, 3.8) is 0 Å². The first kappa shape index (κ1) is 19.6. The molecule has 3 rings (SSSR count). The lowest BCUT2D eigenvalue weighted by Crippen LogP contribution is -2.47. The zero-order chi connectivity index (χ0) is 19.9. The van der Waals surface area contributed by atoms with Crippen LogP contribution in [0.4, 0.5) is 11.4 Å². The monoisotopic (exact) mass is 376 g/mol. The molecule has 0 unspecified atom stereocenters. The minimum Gasteiger partial charge on any atom is -0.326 e. The molecule has 1 aliphatic rings. The summed E-state index contributed by atoms with van der Waals surface area (Å²) in [6.07, 6.45) is 1.46. The predicted molar refractivity (Wildman–Crippen MR) is 109 cm³/mol. The van der Waals surface area contributed by atoms with Crippen molar-refractivity contribution >= 4 is 23.2 Å². The van der Waals surface area contributed by atoms with Crippen molar-refractivity contribution in [3.8, 4) is 6.07 Å². The topological polar surface area (TPSA) is 85.2 Å². The van der Waals surface area contributed by atoms with Gasteiger partial charge in [0.05, 0.1) is 17.7 Å². The summed E-state index contributed by atoms with van der Waals surface area (Å²) in [5.74, 6) is -0.0809. The minimum atomic E-state index is -0.284. The number of likely N-dealkylation sites (tertiary alicyclic amines) is 1. The SMILES string of the molecule is C[C@H](C(=O)Nc1ccc(C#N)cc1)N1CCC(C(=O)Nc2ccccc2)CC1. The van der Waals surface area contributed by atoms with Crippen molar-refractivity contribution in [2.45, 2.75) is 25.8 Å². The van der Waals surface area contributed by atoms with Crippen molar-refractivity contribution in [3.05, 3.63) is 60.2 Å². The second-order valence-electron chi connectivity index (χ2n) is 7.02. The molecule has 1 heterocycles. The summed E-state index contributed by atoms with van der Waals surface area (Å²) in [6.45, 7) is 3.28. The van der Waals surface area contributed by atoms with Crippen LogP contribution in [0.25, 0.3) is 0 Å². The van der Waals surface area contributed by atoms with E-state index in [4.69, 9.17) is 5.26 Å². The van der Waals surface area contributed by atoms with Gasteiger partial charge in [0, 0.05) is 17.3 Å². The molecule has 1 atom stereocenters. The Labute approximate surface area is 165 Å². The molecule has 6 nitrogen and oxygen atoms in total. The van der Waals surface area contributed by atoms with Crippen LogP contribution in [-0.4, -0.2) is 35.8 Å². The van der Waals surface area contributed by atoms with Gasteiger partial charge in [-0.1, -0.05) is 18.2 Å². The Hall–Kier alpha value is -3.17. The van der Waals surface area contributed by atoms with Crippen LogP contribution in [-0.2, 0) is 9.59 Å². The van der Waals surface area contributed by atoms with Crippen molar-refractivity contribution in [2.75, 3.05) is 23.7 Å². The molecule has 2 aromatic carbocycles. The van der Waals surface area contributed by atoms with E-state index in [1.807, 2.05) is 37.3 Å². The highest BCUT2D eigenvalue weighted by molar-refractivity contribution is 5.95. The Morgan fingerprint density at radius 1 is 1.00 bits per heavy atom. The number of hydrogen-bond donors (Lipinski definition) is 2. The van der Waals surface area contributed by atoms with E-state index < -0.39 is 0 Å². The number of amides is 2. The van der Waals surface area contributed by atoms with Gasteiger partial charge in [0.15, 0.2) is 0 Å². The molecule has 1 saturated heterocycles. The molecule has 0 bridgehead atoms. The second kappa shape index (κ2) is 9.16. The van der Waals surface area contributed by atoms with Crippen LogP contribution in [0.5, 0.6) is 0 Å². The Morgan fingerprint density at radius 3 is 2.21 bits per heavy atom. The van der Waals surface area contributed by atoms with Gasteiger partial charge in [0.1, 0.15) is 0 Å². The Balaban J connectivity index is 1.48. The Bertz CT molecular complexity index is 850. The zero-order valence-electron chi connectivity index (χ0n) is 15.9. The number of nitrogens with zero attached hydrogens (tertiary/aromatic N) is 2. The van der Waals surface area contributed by atoms with E-state index in [1.165, 1.54) is 0 Å². The summed E-state index contributed by atoms with van der Waals surface area (Å²) in [6, 6.07) is 18.0. The normalized spacial score (nSPS) is 16.0. The van der Waals surface area contributed by atoms with Crippen molar-refractivity contribution in [1.82, 2.24) is 4.90 Å². The number of para-hydroxylation sites is 1. The standard InChI is InChI=1S/C22H24N4O2/c1-16(21(27)24-20-9-7-17(15-23)8-10-20)26-13-11-18(12-14-26)22(28)25-19-5-3-2-4-6-19/h2-10,16,18H,11-14H2,1H3,(H,24,27)(H,25,28)/t16-/m1/s1. The average Bonchev–Trinajstić information content (AvgIpc) is 2.74. The molecule has 0 saturated carbocycles. The van der Waals surface area contributed by atoms with Gasteiger partial charge >= 0.3 is 0 Å². The number of anilines is 2. The highest BCUT2D eigenvalue weighted by Gasteiger charge is 2.29. The van der Waals surface area contributed by atoms with E-state index in [-0.39, 0.29) is 23.8 Å². The van der Waals surface area contributed by atoms with E-state index >= 15 is 0 Å². The van der Waals surface area contributed by atoms with Gasteiger partial charge in [-0.15, -0.1) is 0 Å². The maximum Gasteiger partial charge on any atom is 0.241 e. The lowest BCUT2D eigenvalue weighted by molar-refractivity contribution is -0.123. The molecule has 6 heteroatoms. The number of carbonyl (C=O) groups is 2. The highest BCUT2D eigenvalue weighted by Crippen LogP contribution is 2.21. The lowest BCUT2D eigenvalue weighted by Gasteiger charge is -2.34. The summed E-state index contributed by atoms with van der Waals surface area (Å²) in [7, 11) is 0. The summed E-state index contributed by atoms with van der Waals surface area (Å²) in [5.41, 5.74) is 2.04. The molecule has 1 fully saturated rings. The quantitative estimate of drug-likeness (QED) is 0.839. The van der Waals surface area contributed by atoms with Crippen molar-refractivity contribution < 1.29 is 9.59 Å². The maximum absolute atomic E-state index is 12.5. The van der Waals surface area contributed by atoms with E-state index in [9.17, 15) is 9.59 Å². The fourth-order valence-electron chi connectivity index (χ4n) is 3.36. The van der Waals surface area contributed by atoms with Gasteiger partial charge in [-0.05, 0) is 69.3 Å². The van der Waals surface area contributed by atoms with E-state index in [0.29, 0.717) is 24.3 Å². The van der Waals surface area contributed by atoms with Crippen LogP contribution >= 0.6 is 0 Å². The van der Waals surface area contributed by atoms with Crippen LogP contribution in [0.15, 0.2) is 54.6 Å². The van der Waals surface area contributed by atoms with Gasteiger partial charge in [-0.3, -0.25) is 14.5 Å². The highest BCUT2D eigenvalue weighted by atomic mass is 16.2. The summed E-state index contributed by atoms with van der Waals surface area (Å²) < 4.78 is 0. The van der Waals surface area contributed by atoms with Crippen molar-refractivity contribution in [1.29, 1.82) is 5.26 Å². The average molecular weight is 376 g/mol. The molecular formula is C22H24N4O2. The van der Waals surface area contributed by atoms with Crippen molar-refractivity contribution in [2.24, 2.45) is 5.92 Å². The Morgan fingerprint density at radius 2 is 1.61 bits per heavy atom. The first-order chi connectivity index (χ1) is 13.6. The van der Waals surface area contributed by atoms with Gasteiger partial charge in [-0.25, -0.2) is 0 Å². The molecule has 28 heavy (non-hydrogen) atoms. The van der Waals surface area contributed by atoms with Crippen LogP contribution in [0.3, 0.4) is 0 Å². The number of piperidine rings is 1. The summed E-state index contributed by atoms with van der Waals surface area (Å²) in [5, 5.41) is 14.7. The largest absolute Gasteiger partial charge is 0.326 e. The molecule has 0 aliphatic carbocycles. The van der Waals surface area contributed by atoms with E-state index in [0.717, 1.165) is 18.5 Å². The van der Waals surface area contributed by atoms with Crippen LogP contribution < -0.4 is 10.6 Å². The van der Waals surface area contributed by atoms with Gasteiger partial charge < -0.3 is 10.6 Å². The number of nitriles is 1. The van der Waals surface area contributed by atoms with E-state index in [1.54, 1.807) is 24.3 Å².